The van der Waals surface area contributed by atoms with Gasteiger partial charge in [-0.25, -0.2) is 0 Å². The molecule has 0 saturated heterocycles. The molecule has 1 rings (SSSR count). The molecule has 5 nitrogen and oxygen atoms in total. The quantitative estimate of drug-likeness (QED) is 0.784. The summed E-state index contributed by atoms with van der Waals surface area (Å²) >= 11 is 0. The van der Waals surface area contributed by atoms with Gasteiger partial charge in [-0.1, -0.05) is 20.8 Å². The Kier molecular flexibility index (Phi) is 4.34. The predicted molar refractivity (Wildman–Crippen MR) is 62.5 cm³/mol. The maximum atomic E-state index is 11.6. The van der Waals surface area contributed by atoms with Gasteiger partial charge in [0.15, 0.2) is 0 Å². The Morgan fingerprint density at radius 2 is 2.25 bits per heavy atom. The Hall–Kier alpha value is -1.52. The Balaban J connectivity index is 2.71. The lowest BCUT2D eigenvalue weighted by atomic mass is 10.2. The normalized spacial score (nSPS) is 10.8. The Bertz CT molecular complexity index is 404. The average Bonchev–Trinajstić information content (AvgIpc) is 2.56. The highest BCUT2D eigenvalue weighted by Gasteiger charge is 2.12. The van der Waals surface area contributed by atoms with Crippen molar-refractivity contribution in [3.63, 3.8) is 0 Å². The number of carbonyl (C=O) groups is 1. The first-order chi connectivity index (χ1) is 7.54. The van der Waals surface area contributed by atoms with Gasteiger partial charge in [-0.3, -0.25) is 19.4 Å². The molecular formula is C11H19N3O2. The van der Waals surface area contributed by atoms with E-state index in [1.165, 1.54) is 0 Å². The van der Waals surface area contributed by atoms with Gasteiger partial charge in [0, 0.05) is 19.3 Å². The van der Waals surface area contributed by atoms with Gasteiger partial charge in [-0.2, -0.15) is 0 Å². The van der Waals surface area contributed by atoms with Crippen LogP contribution in [0, 0.1) is 5.92 Å². The minimum absolute atomic E-state index is 0.189. The zero-order valence-electron chi connectivity index (χ0n) is 10.0. The maximum absolute atomic E-state index is 11.6. The number of hydrogen-bond donors (Lipinski definition) is 2. The van der Waals surface area contributed by atoms with Crippen molar-refractivity contribution in [2.24, 2.45) is 5.92 Å². The number of aryl methyl sites for hydroxylation is 1. The molecule has 1 aromatic rings. The molecule has 0 atom stereocenters. The number of amides is 1. The molecule has 0 aliphatic rings. The average molecular weight is 225 g/mol. The van der Waals surface area contributed by atoms with Crippen molar-refractivity contribution in [2.75, 3.05) is 6.54 Å². The molecule has 0 aliphatic carbocycles. The molecule has 0 bridgehead atoms. The summed E-state index contributed by atoms with van der Waals surface area (Å²) in [6.45, 7) is 7.32. The maximum Gasteiger partial charge on any atom is 0.276 e. The topological polar surface area (TPSA) is 66.9 Å². The fraction of sp³-hybridized carbons (Fsp3) is 0.636. The van der Waals surface area contributed by atoms with Crippen molar-refractivity contribution in [1.82, 2.24) is 15.1 Å². The summed E-state index contributed by atoms with van der Waals surface area (Å²) in [6.07, 6.45) is 2.49. The minimum atomic E-state index is -0.324. The number of aromatic amines is 1. The van der Waals surface area contributed by atoms with Crippen LogP contribution in [0.3, 0.4) is 0 Å². The molecule has 2 N–H and O–H groups in total. The minimum Gasteiger partial charge on any atom is -0.352 e. The second-order valence-electron chi connectivity index (χ2n) is 4.28. The van der Waals surface area contributed by atoms with Crippen LogP contribution < -0.4 is 10.9 Å². The molecule has 0 radical (unpaired) electrons. The van der Waals surface area contributed by atoms with Crippen LogP contribution >= 0.6 is 0 Å². The van der Waals surface area contributed by atoms with E-state index in [9.17, 15) is 9.59 Å². The van der Waals surface area contributed by atoms with Crippen LogP contribution in [-0.4, -0.2) is 22.2 Å². The number of aromatic nitrogens is 2. The van der Waals surface area contributed by atoms with E-state index >= 15 is 0 Å². The van der Waals surface area contributed by atoms with Gasteiger partial charge in [-0.15, -0.1) is 0 Å². The lowest BCUT2D eigenvalue weighted by Crippen LogP contribution is -2.30. The Morgan fingerprint density at radius 3 is 2.81 bits per heavy atom. The molecule has 16 heavy (non-hydrogen) atoms. The molecule has 1 amide bonds. The third-order valence-corrected chi connectivity index (χ3v) is 2.15. The van der Waals surface area contributed by atoms with Gasteiger partial charge in [0.05, 0.1) is 0 Å². The van der Waals surface area contributed by atoms with Crippen molar-refractivity contribution in [2.45, 2.75) is 33.7 Å². The molecule has 1 heterocycles. The summed E-state index contributed by atoms with van der Waals surface area (Å²) < 4.78 is 1.65. The second-order valence-corrected chi connectivity index (χ2v) is 4.28. The van der Waals surface area contributed by atoms with E-state index in [-0.39, 0.29) is 17.0 Å². The van der Waals surface area contributed by atoms with Crippen molar-refractivity contribution in [3.05, 3.63) is 22.1 Å². The monoisotopic (exact) mass is 225 g/mol. The molecule has 0 unspecified atom stereocenters. The number of nitrogens with zero attached hydrogens (tertiary/aromatic N) is 1. The Labute approximate surface area is 94.8 Å². The van der Waals surface area contributed by atoms with Gasteiger partial charge in [-0.05, 0) is 12.3 Å². The van der Waals surface area contributed by atoms with E-state index in [0.29, 0.717) is 19.0 Å². The fourth-order valence-electron chi connectivity index (χ4n) is 1.35. The highest BCUT2D eigenvalue weighted by atomic mass is 16.2. The molecular weight excluding hydrogens is 206 g/mol. The second kappa shape index (κ2) is 5.53. The molecule has 0 spiro atoms. The molecule has 0 aliphatic heterocycles. The third kappa shape index (κ3) is 3.25. The summed E-state index contributed by atoms with van der Waals surface area (Å²) in [6, 6.07) is 0. The van der Waals surface area contributed by atoms with Crippen molar-refractivity contribution in [1.29, 1.82) is 0 Å². The van der Waals surface area contributed by atoms with Gasteiger partial charge in [0.2, 0.25) is 0 Å². The van der Waals surface area contributed by atoms with Gasteiger partial charge < -0.3 is 5.32 Å². The molecule has 0 saturated carbocycles. The first kappa shape index (κ1) is 12.5. The smallest absolute Gasteiger partial charge is 0.276 e. The van der Waals surface area contributed by atoms with E-state index in [1.54, 1.807) is 10.9 Å². The van der Waals surface area contributed by atoms with Crippen LogP contribution in [0.5, 0.6) is 0 Å². The van der Waals surface area contributed by atoms with Crippen molar-refractivity contribution >= 4 is 5.91 Å². The highest BCUT2D eigenvalue weighted by Crippen LogP contribution is 1.94. The molecule has 5 heteroatoms. The van der Waals surface area contributed by atoms with Gasteiger partial charge >= 0.3 is 0 Å². The number of nitrogens with one attached hydrogen (secondary N) is 2. The highest BCUT2D eigenvalue weighted by molar-refractivity contribution is 5.93. The number of carbonyl (C=O) groups excluding carboxylic acids is 1. The van der Waals surface area contributed by atoms with Crippen LogP contribution in [0.25, 0.3) is 0 Å². The van der Waals surface area contributed by atoms with E-state index < -0.39 is 0 Å². The van der Waals surface area contributed by atoms with E-state index in [1.807, 2.05) is 20.8 Å². The van der Waals surface area contributed by atoms with Gasteiger partial charge in [0.25, 0.3) is 11.5 Å². The first-order valence-corrected chi connectivity index (χ1v) is 5.62. The lowest BCUT2D eigenvalue weighted by Gasteiger charge is -2.05. The number of hydrogen-bond acceptors (Lipinski definition) is 2. The Morgan fingerprint density at radius 1 is 1.56 bits per heavy atom. The van der Waals surface area contributed by atoms with Crippen molar-refractivity contribution in [3.8, 4) is 0 Å². The number of H-pyrrole nitrogens is 1. The molecule has 0 aromatic carbocycles. The van der Waals surface area contributed by atoms with Gasteiger partial charge in [0.1, 0.15) is 5.56 Å². The SMILES string of the molecule is CCCn1cc(C(=O)NCC(C)C)c(=O)[nH]1. The van der Waals surface area contributed by atoms with Crippen LogP contribution in [0.4, 0.5) is 0 Å². The number of rotatable bonds is 5. The van der Waals surface area contributed by atoms with Crippen LogP contribution in [0.2, 0.25) is 0 Å². The van der Waals surface area contributed by atoms with Crippen LogP contribution in [-0.2, 0) is 6.54 Å². The fourth-order valence-corrected chi connectivity index (χ4v) is 1.35. The standard InChI is InChI=1S/C11H19N3O2/c1-4-5-14-7-9(11(16)13-14)10(15)12-6-8(2)3/h7-8H,4-6H2,1-3H3,(H,12,15)(H,13,16). The molecule has 1 aromatic heterocycles. The zero-order valence-corrected chi connectivity index (χ0v) is 10.0. The summed E-state index contributed by atoms with van der Waals surface area (Å²) in [5.41, 5.74) is -0.135. The molecule has 90 valence electrons. The lowest BCUT2D eigenvalue weighted by molar-refractivity contribution is 0.0948. The first-order valence-electron chi connectivity index (χ1n) is 5.62. The molecule has 0 fully saturated rings. The van der Waals surface area contributed by atoms with Crippen LogP contribution in [0.15, 0.2) is 11.0 Å². The van der Waals surface area contributed by atoms with Crippen molar-refractivity contribution < 1.29 is 4.79 Å². The largest absolute Gasteiger partial charge is 0.352 e. The summed E-state index contributed by atoms with van der Waals surface area (Å²) in [5.74, 6) is 0.0746. The van der Waals surface area contributed by atoms with E-state index in [4.69, 9.17) is 0 Å². The zero-order chi connectivity index (χ0) is 12.1. The predicted octanol–water partition coefficient (Wildman–Crippen LogP) is 0.972. The van der Waals surface area contributed by atoms with E-state index in [2.05, 4.69) is 10.4 Å². The van der Waals surface area contributed by atoms with Crippen LogP contribution in [0.1, 0.15) is 37.6 Å². The third-order valence-electron chi connectivity index (χ3n) is 2.15. The van der Waals surface area contributed by atoms with E-state index in [0.717, 1.165) is 6.42 Å². The summed E-state index contributed by atoms with van der Waals surface area (Å²) in [7, 11) is 0. The summed E-state index contributed by atoms with van der Waals surface area (Å²) in [4.78, 5) is 23.1. The summed E-state index contributed by atoms with van der Waals surface area (Å²) in [5, 5.41) is 5.34.